The Labute approximate surface area is 132 Å². The molecule has 1 heterocycles. The van der Waals surface area contributed by atoms with Crippen LogP contribution in [0.15, 0.2) is 28.7 Å². The number of nitrogens with two attached hydrogens (primary N) is 1. The molecule has 0 aliphatic rings. The van der Waals surface area contributed by atoms with E-state index in [0.29, 0.717) is 23.6 Å². The fourth-order valence-electron chi connectivity index (χ4n) is 2.16. The number of aromatic nitrogens is 2. The van der Waals surface area contributed by atoms with Crippen LogP contribution in [0.2, 0.25) is 0 Å². The van der Waals surface area contributed by atoms with Crippen molar-refractivity contribution >= 4 is 27.5 Å². The highest BCUT2D eigenvalue weighted by molar-refractivity contribution is 9.10. The summed E-state index contributed by atoms with van der Waals surface area (Å²) in [4.78, 5) is 12.4. The number of carbonyl (C=O) groups is 1. The minimum Gasteiger partial charge on any atom is -0.395 e. The maximum atomic E-state index is 12.4. The van der Waals surface area contributed by atoms with Crippen LogP contribution >= 0.6 is 15.9 Å². The molecule has 2 aromatic rings. The zero-order valence-electron chi connectivity index (χ0n) is 12.4. The first kappa shape index (κ1) is 15.6. The van der Waals surface area contributed by atoms with Crippen molar-refractivity contribution in [2.45, 2.75) is 33.4 Å². The van der Waals surface area contributed by atoms with Gasteiger partial charge in [-0.2, -0.15) is 5.10 Å². The Bertz CT molecular complexity index is 648. The first-order valence-corrected chi connectivity index (χ1v) is 7.62. The molecule has 112 valence electrons. The van der Waals surface area contributed by atoms with E-state index in [-0.39, 0.29) is 11.9 Å². The van der Waals surface area contributed by atoms with Crippen LogP contribution < -0.4 is 11.1 Å². The molecule has 2 rings (SSSR count). The monoisotopic (exact) mass is 350 g/mol. The molecule has 1 amide bonds. The summed E-state index contributed by atoms with van der Waals surface area (Å²) >= 11 is 3.40. The van der Waals surface area contributed by atoms with Crippen molar-refractivity contribution in [3.63, 3.8) is 0 Å². The van der Waals surface area contributed by atoms with Crippen molar-refractivity contribution in [2.75, 3.05) is 5.73 Å². The largest absolute Gasteiger partial charge is 0.395 e. The number of rotatable bonds is 4. The fraction of sp³-hybridized carbons (Fsp3) is 0.333. The van der Waals surface area contributed by atoms with Gasteiger partial charge in [-0.15, -0.1) is 0 Å². The molecule has 0 spiro atoms. The topological polar surface area (TPSA) is 72.9 Å². The van der Waals surface area contributed by atoms with Gasteiger partial charge in [0.25, 0.3) is 5.91 Å². The van der Waals surface area contributed by atoms with Crippen LogP contribution in [0.1, 0.15) is 41.6 Å². The second-order valence-corrected chi connectivity index (χ2v) is 5.83. The van der Waals surface area contributed by atoms with Gasteiger partial charge < -0.3 is 11.1 Å². The van der Waals surface area contributed by atoms with E-state index in [9.17, 15) is 4.79 Å². The average molecular weight is 351 g/mol. The number of nitrogen functional groups attached to an aromatic ring is 1. The first-order valence-electron chi connectivity index (χ1n) is 6.83. The molecule has 1 aromatic heterocycles. The molecule has 1 aromatic carbocycles. The quantitative estimate of drug-likeness (QED) is 0.889. The summed E-state index contributed by atoms with van der Waals surface area (Å²) in [5.41, 5.74) is 8.55. The van der Waals surface area contributed by atoms with Crippen LogP contribution in [0.5, 0.6) is 0 Å². The number of halogens is 1. The molecular formula is C15H19BrN4O. The van der Waals surface area contributed by atoms with Gasteiger partial charge in [0, 0.05) is 11.0 Å². The molecule has 0 aliphatic heterocycles. The lowest BCUT2D eigenvalue weighted by atomic mass is 10.1. The van der Waals surface area contributed by atoms with Crippen LogP contribution in [0.25, 0.3) is 0 Å². The minimum atomic E-state index is -0.203. The van der Waals surface area contributed by atoms with Gasteiger partial charge in [-0.1, -0.05) is 28.1 Å². The fourth-order valence-corrected chi connectivity index (χ4v) is 2.43. The normalized spacial score (nSPS) is 12.2. The molecule has 5 nitrogen and oxygen atoms in total. The van der Waals surface area contributed by atoms with Gasteiger partial charge in [-0.05, 0) is 38.5 Å². The molecule has 21 heavy (non-hydrogen) atoms. The number of amides is 1. The summed E-state index contributed by atoms with van der Waals surface area (Å²) < 4.78 is 2.64. The third kappa shape index (κ3) is 3.26. The summed E-state index contributed by atoms with van der Waals surface area (Å²) in [5, 5.41) is 7.23. The lowest BCUT2D eigenvalue weighted by molar-refractivity contribution is 0.0930. The summed E-state index contributed by atoms with van der Waals surface area (Å²) in [5.74, 6) is -0.203. The van der Waals surface area contributed by atoms with Crippen LogP contribution in [0, 0.1) is 6.92 Å². The predicted octanol–water partition coefficient (Wildman–Crippen LogP) is 3.05. The number of hydrogen-bond acceptors (Lipinski definition) is 3. The van der Waals surface area contributed by atoms with Crippen molar-refractivity contribution < 1.29 is 4.79 Å². The molecule has 0 saturated heterocycles. The number of nitrogens with zero attached hydrogens (tertiary/aromatic N) is 2. The average Bonchev–Trinajstić information content (AvgIpc) is 2.74. The summed E-state index contributed by atoms with van der Waals surface area (Å²) in [7, 11) is 0. The molecule has 0 radical (unpaired) electrons. The Kier molecular flexibility index (Phi) is 4.67. The predicted molar refractivity (Wildman–Crippen MR) is 87.1 cm³/mol. The van der Waals surface area contributed by atoms with Crippen molar-refractivity contribution in [1.29, 1.82) is 0 Å². The van der Waals surface area contributed by atoms with Crippen molar-refractivity contribution in [3.8, 4) is 0 Å². The van der Waals surface area contributed by atoms with E-state index in [4.69, 9.17) is 5.73 Å². The zero-order valence-corrected chi connectivity index (χ0v) is 13.9. The Hall–Kier alpha value is -1.82. The Morgan fingerprint density at radius 3 is 2.62 bits per heavy atom. The number of hydrogen-bond donors (Lipinski definition) is 2. The molecule has 0 unspecified atom stereocenters. The summed E-state index contributed by atoms with van der Waals surface area (Å²) in [6, 6.07) is 7.74. The SMILES string of the molecule is CCn1nc(C)c(N)c1C(=O)N[C@H](C)c1ccc(Br)cc1. The zero-order chi connectivity index (χ0) is 15.6. The summed E-state index contributed by atoms with van der Waals surface area (Å²) in [6.45, 7) is 6.28. The number of aryl methyl sites for hydroxylation is 2. The molecule has 0 saturated carbocycles. The Balaban J connectivity index is 2.20. The van der Waals surface area contributed by atoms with Gasteiger partial charge in [0.15, 0.2) is 0 Å². The van der Waals surface area contributed by atoms with E-state index in [2.05, 4.69) is 26.3 Å². The first-order chi connectivity index (χ1) is 9.93. The highest BCUT2D eigenvalue weighted by Crippen LogP contribution is 2.20. The van der Waals surface area contributed by atoms with E-state index in [0.717, 1.165) is 10.0 Å². The van der Waals surface area contributed by atoms with E-state index in [1.165, 1.54) is 0 Å². The third-order valence-corrected chi connectivity index (χ3v) is 3.93. The van der Waals surface area contributed by atoms with Crippen LogP contribution in [0.4, 0.5) is 5.69 Å². The van der Waals surface area contributed by atoms with Gasteiger partial charge in [0.05, 0.1) is 17.4 Å². The van der Waals surface area contributed by atoms with Crippen molar-refractivity contribution in [3.05, 3.63) is 45.7 Å². The maximum absolute atomic E-state index is 12.4. The molecule has 6 heteroatoms. The van der Waals surface area contributed by atoms with Crippen LogP contribution in [-0.4, -0.2) is 15.7 Å². The van der Waals surface area contributed by atoms with Crippen LogP contribution in [0.3, 0.4) is 0 Å². The standard InChI is InChI=1S/C15H19BrN4O/c1-4-20-14(13(17)10(3)19-20)15(21)18-9(2)11-5-7-12(16)8-6-11/h5-9H,4,17H2,1-3H3,(H,18,21)/t9-/m1/s1. The van der Waals surface area contributed by atoms with Crippen molar-refractivity contribution in [1.82, 2.24) is 15.1 Å². The van der Waals surface area contributed by atoms with Gasteiger partial charge in [-0.25, -0.2) is 0 Å². The van der Waals surface area contributed by atoms with E-state index >= 15 is 0 Å². The second kappa shape index (κ2) is 6.30. The minimum absolute atomic E-state index is 0.106. The third-order valence-electron chi connectivity index (χ3n) is 3.41. The Morgan fingerprint density at radius 1 is 1.43 bits per heavy atom. The lowest BCUT2D eigenvalue weighted by Crippen LogP contribution is -2.29. The second-order valence-electron chi connectivity index (χ2n) is 4.91. The van der Waals surface area contributed by atoms with E-state index in [1.807, 2.05) is 38.1 Å². The van der Waals surface area contributed by atoms with Gasteiger partial charge in [-0.3, -0.25) is 9.48 Å². The molecule has 0 bridgehead atoms. The highest BCUT2D eigenvalue weighted by atomic mass is 79.9. The van der Waals surface area contributed by atoms with Gasteiger partial charge in [0.2, 0.25) is 0 Å². The van der Waals surface area contributed by atoms with Crippen LogP contribution in [-0.2, 0) is 6.54 Å². The molecule has 0 aliphatic carbocycles. The lowest BCUT2D eigenvalue weighted by Gasteiger charge is -2.15. The number of anilines is 1. The number of benzene rings is 1. The Morgan fingerprint density at radius 2 is 2.05 bits per heavy atom. The maximum Gasteiger partial charge on any atom is 0.272 e. The smallest absolute Gasteiger partial charge is 0.272 e. The van der Waals surface area contributed by atoms with Gasteiger partial charge >= 0.3 is 0 Å². The number of nitrogens with one attached hydrogen (secondary N) is 1. The summed E-state index contributed by atoms with van der Waals surface area (Å²) in [6.07, 6.45) is 0. The highest BCUT2D eigenvalue weighted by Gasteiger charge is 2.20. The number of carbonyl (C=O) groups excluding carboxylic acids is 1. The molecule has 1 atom stereocenters. The molecule has 3 N–H and O–H groups in total. The van der Waals surface area contributed by atoms with Gasteiger partial charge in [0.1, 0.15) is 5.69 Å². The van der Waals surface area contributed by atoms with E-state index in [1.54, 1.807) is 11.6 Å². The van der Waals surface area contributed by atoms with E-state index < -0.39 is 0 Å². The molecular weight excluding hydrogens is 332 g/mol. The van der Waals surface area contributed by atoms with Crippen molar-refractivity contribution in [2.24, 2.45) is 0 Å². The molecule has 0 fully saturated rings.